The number of carbonyl (C=O) groups is 2. The first kappa shape index (κ1) is 24.1. The Bertz CT molecular complexity index is 1090. The van der Waals surface area contributed by atoms with Gasteiger partial charge in [0, 0.05) is 23.9 Å². The second kappa shape index (κ2) is 10.4. The van der Waals surface area contributed by atoms with E-state index in [1.54, 1.807) is 24.3 Å². The van der Waals surface area contributed by atoms with Crippen molar-refractivity contribution in [2.24, 2.45) is 0 Å². The summed E-state index contributed by atoms with van der Waals surface area (Å²) in [6, 6.07) is 6.77. The largest absolute Gasteiger partial charge is 0.497 e. The van der Waals surface area contributed by atoms with Crippen molar-refractivity contribution in [1.82, 2.24) is 0 Å². The maximum absolute atomic E-state index is 12.6. The number of anilines is 2. The van der Waals surface area contributed by atoms with Crippen molar-refractivity contribution >= 4 is 43.9 Å². The molecule has 0 bridgehead atoms. The Hall–Kier alpha value is -2.59. The highest BCUT2D eigenvalue weighted by atomic mass is 32.2. The number of nitrogens with one attached hydrogen (secondary N) is 1. The minimum absolute atomic E-state index is 0.110. The Kier molecular flexibility index (Phi) is 7.78. The number of ether oxygens (including phenoxy) is 2. The molecule has 174 valence electrons. The summed E-state index contributed by atoms with van der Waals surface area (Å²) in [5.74, 6) is -0.167. The monoisotopic (exact) mass is 480 g/mol. The van der Waals surface area contributed by atoms with Gasteiger partial charge in [0.1, 0.15) is 10.8 Å². The molecule has 0 radical (unpaired) electrons. The minimum Gasteiger partial charge on any atom is -0.497 e. The SMILES string of the molecule is COC(=O)c1c(NC(=O)CCCN(c2cccc(OC)c2)S(C)(=O)=O)sc2c1CCCC2. The molecule has 0 atom stereocenters. The summed E-state index contributed by atoms with van der Waals surface area (Å²) in [6.45, 7) is 0.143. The van der Waals surface area contributed by atoms with E-state index in [2.05, 4.69) is 5.32 Å². The average molecular weight is 481 g/mol. The smallest absolute Gasteiger partial charge is 0.341 e. The molecule has 1 N–H and O–H groups in total. The van der Waals surface area contributed by atoms with Gasteiger partial charge in [-0.15, -0.1) is 11.3 Å². The Morgan fingerprint density at radius 1 is 1.19 bits per heavy atom. The zero-order chi connectivity index (χ0) is 23.3. The van der Waals surface area contributed by atoms with Crippen molar-refractivity contribution in [3.8, 4) is 5.75 Å². The van der Waals surface area contributed by atoms with Gasteiger partial charge in [-0.2, -0.15) is 0 Å². The number of carbonyl (C=O) groups excluding carboxylic acids is 2. The fraction of sp³-hybridized carbons (Fsp3) is 0.455. The molecular weight excluding hydrogens is 452 g/mol. The number of fused-ring (bicyclic) bond motifs is 1. The maximum Gasteiger partial charge on any atom is 0.341 e. The topological polar surface area (TPSA) is 102 Å². The van der Waals surface area contributed by atoms with E-state index in [0.717, 1.165) is 42.4 Å². The first-order valence-electron chi connectivity index (χ1n) is 10.4. The number of hydrogen-bond donors (Lipinski definition) is 1. The van der Waals surface area contributed by atoms with E-state index in [1.165, 1.54) is 29.9 Å². The third kappa shape index (κ3) is 5.60. The van der Waals surface area contributed by atoms with Gasteiger partial charge in [-0.3, -0.25) is 9.10 Å². The lowest BCUT2D eigenvalue weighted by Crippen LogP contribution is -2.31. The fourth-order valence-electron chi connectivity index (χ4n) is 3.80. The number of thiophene rings is 1. The summed E-state index contributed by atoms with van der Waals surface area (Å²) in [6.07, 6.45) is 5.32. The first-order chi connectivity index (χ1) is 15.2. The van der Waals surface area contributed by atoms with Crippen molar-refractivity contribution in [3.05, 3.63) is 40.3 Å². The number of aryl methyl sites for hydroxylation is 1. The highest BCUT2D eigenvalue weighted by Gasteiger charge is 2.27. The van der Waals surface area contributed by atoms with E-state index in [-0.39, 0.29) is 18.9 Å². The predicted molar refractivity (Wildman–Crippen MR) is 125 cm³/mol. The molecule has 1 aromatic heterocycles. The van der Waals surface area contributed by atoms with Gasteiger partial charge in [0.05, 0.1) is 31.7 Å². The summed E-state index contributed by atoms with van der Waals surface area (Å²) >= 11 is 1.43. The lowest BCUT2D eigenvalue weighted by atomic mass is 9.95. The van der Waals surface area contributed by atoms with Gasteiger partial charge in [-0.1, -0.05) is 6.07 Å². The summed E-state index contributed by atoms with van der Waals surface area (Å²) in [5.41, 5.74) is 1.91. The van der Waals surface area contributed by atoms with Gasteiger partial charge < -0.3 is 14.8 Å². The highest BCUT2D eigenvalue weighted by molar-refractivity contribution is 7.92. The van der Waals surface area contributed by atoms with Crippen LogP contribution in [0.1, 0.15) is 46.5 Å². The van der Waals surface area contributed by atoms with E-state index in [1.807, 2.05) is 0 Å². The standard InChI is InChI=1S/C22H28N2O6S2/c1-29-16-9-6-8-15(14-16)24(32(3,27)28)13-7-12-19(25)23-21-20(22(26)30-2)17-10-4-5-11-18(17)31-21/h6,8-9,14H,4-5,7,10-13H2,1-3H3,(H,23,25). The Balaban J connectivity index is 1.68. The maximum atomic E-state index is 12.6. The third-order valence-corrected chi connectivity index (χ3v) is 7.72. The first-order valence-corrected chi connectivity index (χ1v) is 13.1. The van der Waals surface area contributed by atoms with Crippen LogP contribution in [0, 0.1) is 0 Å². The summed E-state index contributed by atoms with van der Waals surface area (Å²) in [4.78, 5) is 26.1. The quantitative estimate of drug-likeness (QED) is 0.550. The molecule has 32 heavy (non-hydrogen) atoms. The van der Waals surface area contributed by atoms with Crippen molar-refractivity contribution in [2.75, 3.05) is 36.6 Å². The van der Waals surface area contributed by atoms with Gasteiger partial charge >= 0.3 is 5.97 Å². The molecule has 1 aliphatic rings. The zero-order valence-electron chi connectivity index (χ0n) is 18.5. The van der Waals surface area contributed by atoms with Crippen LogP contribution in [0.2, 0.25) is 0 Å². The van der Waals surface area contributed by atoms with Crippen LogP contribution >= 0.6 is 11.3 Å². The van der Waals surface area contributed by atoms with Crippen molar-refractivity contribution in [2.45, 2.75) is 38.5 Å². The van der Waals surface area contributed by atoms with Crippen LogP contribution in [0.3, 0.4) is 0 Å². The summed E-state index contributed by atoms with van der Waals surface area (Å²) in [5, 5.41) is 3.36. The van der Waals surface area contributed by atoms with E-state index in [9.17, 15) is 18.0 Å². The molecule has 0 saturated heterocycles. The molecule has 2 aromatic rings. The van der Waals surface area contributed by atoms with E-state index in [4.69, 9.17) is 9.47 Å². The van der Waals surface area contributed by atoms with Crippen LogP contribution in [-0.4, -0.2) is 47.3 Å². The number of esters is 1. The Morgan fingerprint density at radius 2 is 1.94 bits per heavy atom. The lowest BCUT2D eigenvalue weighted by Gasteiger charge is -2.22. The number of nitrogens with zero attached hydrogens (tertiary/aromatic N) is 1. The highest BCUT2D eigenvalue weighted by Crippen LogP contribution is 2.38. The van der Waals surface area contributed by atoms with Crippen LogP contribution in [0.15, 0.2) is 24.3 Å². The van der Waals surface area contributed by atoms with Crippen molar-refractivity contribution < 1.29 is 27.5 Å². The molecule has 1 heterocycles. The summed E-state index contributed by atoms with van der Waals surface area (Å²) < 4.78 is 36.0. The second-order valence-electron chi connectivity index (χ2n) is 7.59. The van der Waals surface area contributed by atoms with Gasteiger partial charge in [-0.05, 0) is 49.8 Å². The molecule has 1 amide bonds. The second-order valence-corrected chi connectivity index (χ2v) is 10.6. The molecule has 0 spiro atoms. The number of sulfonamides is 1. The van der Waals surface area contributed by atoms with E-state index < -0.39 is 16.0 Å². The fourth-order valence-corrected chi connectivity index (χ4v) is 6.05. The molecule has 0 saturated carbocycles. The number of hydrogen-bond acceptors (Lipinski definition) is 7. The zero-order valence-corrected chi connectivity index (χ0v) is 20.1. The van der Waals surface area contributed by atoms with Crippen molar-refractivity contribution in [3.63, 3.8) is 0 Å². The van der Waals surface area contributed by atoms with Gasteiger partial charge in [-0.25, -0.2) is 13.2 Å². The average Bonchev–Trinajstić information content (AvgIpc) is 3.13. The molecule has 10 heteroatoms. The van der Waals surface area contributed by atoms with Gasteiger partial charge in [0.15, 0.2) is 0 Å². The van der Waals surface area contributed by atoms with Crippen LogP contribution in [0.5, 0.6) is 5.75 Å². The number of benzene rings is 1. The van der Waals surface area contributed by atoms with Crippen LogP contribution < -0.4 is 14.4 Å². The third-order valence-electron chi connectivity index (χ3n) is 5.32. The number of amides is 1. The molecule has 1 aromatic carbocycles. The summed E-state index contributed by atoms with van der Waals surface area (Å²) in [7, 11) is -0.691. The van der Waals surface area contributed by atoms with Gasteiger partial charge in [0.2, 0.25) is 15.9 Å². The lowest BCUT2D eigenvalue weighted by molar-refractivity contribution is -0.116. The molecule has 0 unspecified atom stereocenters. The molecule has 8 nitrogen and oxygen atoms in total. The van der Waals surface area contributed by atoms with Crippen LogP contribution in [0.4, 0.5) is 10.7 Å². The number of methoxy groups -OCH3 is 2. The Labute approximate surface area is 192 Å². The minimum atomic E-state index is -3.54. The molecule has 0 aliphatic heterocycles. The molecule has 3 rings (SSSR count). The number of rotatable bonds is 9. The van der Waals surface area contributed by atoms with Crippen molar-refractivity contribution in [1.29, 1.82) is 0 Å². The molecule has 1 aliphatic carbocycles. The van der Waals surface area contributed by atoms with Crippen LogP contribution in [0.25, 0.3) is 0 Å². The van der Waals surface area contributed by atoms with E-state index >= 15 is 0 Å². The predicted octanol–water partition coefficient (Wildman–Crippen LogP) is 3.61. The molecular formula is C22H28N2O6S2. The Morgan fingerprint density at radius 3 is 2.62 bits per heavy atom. The normalized spacial score (nSPS) is 13.2. The van der Waals surface area contributed by atoms with Gasteiger partial charge in [0.25, 0.3) is 0 Å². The van der Waals surface area contributed by atoms with Crippen LogP contribution in [-0.2, 0) is 32.4 Å². The van der Waals surface area contributed by atoms with E-state index in [0.29, 0.717) is 28.4 Å². The molecule has 0 fully saturated rings.